The number of aromatic nitrogens is 1. The fourth-order valence-electron chi connectivity index (χ4n) is 1.18. The third-order valence-corrected chi connectivity index (χ3v) is 2.14. The Bertz CT molecular complexity index is 496. The number of nitro groups is 1. The van der Waals surface area contributed by atoms with E-state index in [4.69, 9.17) is 11.6 Å². The number of carbonyl (C=O) groups excluding carboxylic acids is 1. The first-order valence-electron chi connectivity index (χ1n) is 4.68. The third-order valence-electron chi connectivity index (χ3n) is 1.87. The molecule has 98 valence electrons. The SMILES string of the molecule is CCOC(=O)c1cc(C(F)F)nc(Cl)c1[N+](=O)[O-]. The summed E-state index contributed by atoms with van der Waals surface area (Å²) < 4.78 is 29.5. The van der Waals surface area contributed by atoms with Gasteiger partial charge in [0.2, 0.25) is 5.15 Å². The summed E-state index contributed by atoms with van der Waals surface area (Å²) in [5, 5.41) is 9.94. The maximum atomic E-state index is 12.5. The minimum atomic E-state index is -3.00. The number of pyridine rings is 1. The minimum Gasteiger partial charge on any atom is -0.462 e. The monoisotopic (exact) mass is 280 g/mol. The van der Waals surface area contributed by atoms with E-state index in [-0.39, 0.29) is 6.61 Å². The van der Waals surface area contributed by atoms with Gasteiger partial charge in [0.05, 0.1) is 11.5 Å². The third kappa shape index (κ3) is 2.89. The van der Waals surface area contributed by atoms with Crippen molar-refractivity contribution in [1.82, 2.24) is 4.98 Å². The smallest absolute Gasteiger partial charge is 0.345 e. The summed E-state index contributed by atoms with van der Waals surface area (Å²) in [6.45, 7) is 1.42. The van der Waals surface area contributed by atoms with Crippen LogP contribution in [0.4, 0.5) is 14.5 Å². The van der Waals surface area contributed by atoms with Crippen molar-refractivity contribution in [2.45, 2.75) is 13.3 Å². The number of ether oxygens (including phenoxy) is 1. The molecule has 1 heterocycles. The van der Waals surface area contributed by atoms with Crippen molar-refractivity contribution in [3.63, 3.8) is 0 Å². The Kier molecular flexibility index (Phi) is 4.49. The van der Waals surface area contributed by atoms with Crippen LogP contribution in [-0.4, -0.2) is 22.5 Å². The van der Waals surface area contributed by atoms with Crippen LogP contribution in [0.25, 0.3) is 0 Å². The second-order valence-corrected chi connectivity index (χ2v) is 3.37. The Morgan fingerprint density at radius 3 is 2.72 bits per heavy atom. The molecule has 1 aromatic heterocycles. The highest BCUT2D eigenvalue weighted by Gasteiger charge is 2.29. The van der Waals surface area contributed by atoms with Crippen LogP contribution in [0.5, 0.6) is 0 Å². The van der Waals surface area contributed by atoms with E-state index >= 15 is 0 Å². The van der Waals surface area contributed by atoms with Crippen molar-refractivity contribution in [1.29, 1.82) is 0 Å². The normalized spacial score (nSPS) is 10.5. The fourth-order valence-corrected chi connectivity index (χ4v) is 1.44. The van der Waals surface area contributed by atoms with Gasteiger partial charge in [0.15, 0.2) is 0 Å². The van der Waals surface area contributed by atoms with Crippen LogP contribution in [0.1, 0.15) is 29.4 Å². The summed E-state index contributed by atoms with van der Waals surface area (Å²) in [5.74, 6) is -1.10. The van der Waals surface area contributed by atoms with E-state index < -0.39 is 39.4 Å². The van der Waals surface area contributed by atoms with Crippen molar-refractivity contribution in [2.75, 3.05) is 6.61 Å². The van der Waals surface area contributed by atoms with Gasteiger partial charge in [0, 0.05) is 0 Å². The molecule has 0 aliphatic rings. The van der Waals surface area contributed by atoms with Gasteiger partial charge in [-0.05, 0) is 13.0 Å². The summed E-state index contributed by atoms with van der Waals surface area (Å²) in [5.41, 5.74) is -2.31. The fraction of sp³-hybridized carbons (Fsp3) is 0.333. The van der Waals surface area contributed by atoms with Crippen LogP contribution < -0.4 is 0 Å². The van der Waals surface area contributed by atoms with Crippen LogP contribution in [0.2, 0.25) is 5.15 Å². The molecule has 0 saturated heterocycles. The zero-order valence-electron chi connectivity index (χ0n) is 9.02. The molecule has 0 spiro atoms. The average molecular weight is 281 g/mol. The summed E-state index contributed by atoms with van der Waals surface area (Å²) in [4.78, 5) is 24.3. The second kappa shape index (κ2) is 5.67. The van der Waals surface area contributed by atoms with Gasteiger partial charge >= 0.3 is 11.7 Å². The first-order chi connectivity index (χ1) is 8.38. The zero-order chi connectivity index (χ0) is 13.9. The Hall–Kier alpha value is -1.83. The number of alkyl halides is 2. The van der Waals surface area contributed by atoms with Gasteiger partial charge in [-0.2, -0.15) is 0 Å². The number of carbonyl (C=O) groups is 1. The Balaban J connectivity index is 3.42. The molecular formula is C9H7ClF2N2O4. The highest BCUT2D eigenvalue weighted by Crippen LogP contribution is 2.31. The Labute approximate surface area is 105 Å². The summed E-state index contributed by atoms with van der Waals surface area (Å²) in [7, 11) is 0. The van der Waals surface area contributed by atoms with E-state index in [2.05, 4.69) is 9.72 Å². The van der Waals surface area contributed by atoms with Gasteiger partial charge in [-0.25, -0.2) is 18.6 Å². The molecule has 9 heteroatoms. The van der Waals surface area contributed by atoms with Crippen LogP contribution in [0, 0.1) is 10.1 Å². The van der Waals surface area contributed by atoms with Crippen molar-refractivity contribution >= 4 is 23.3 Å². The Morgan fingerprint density at radius 2 is 2.28 bits per heavy atom. The topological polar surface area (TPSA) is 82.3 Å². The van der Waals surface area contributed by atoms with Crippen LogP contribution in [-0.2, 0) is 4.74 Å². The molecule has 0 saturated carbocycles. The molecular weight excluding hydrogens is 274 g/mol. The number of halogens is 3. The second-order valence-electron chi connectivity index (χ2n) is 3.01. The minimum absolute atomic E-state index is 0.0556. The molecule has 1 aromatic rings. The number of hydrogen-bond donors (Lipinski definition) is 0. The van der Waals surface area contributed by atoms with Crippen LogP contribution >= 0.6 is 11.6 Å². The highest BCUT2D eigenvalue weighted by molar-refractivity contribution is 6.32. The van der Waals surface area contributed by atoms with Gasteiger partial charge < -0.3 is 4.74 Å². The van der Waals surface area contributed by atoms with Crippen molar-refractivity contribution < 1.29 is 23.2 Å². The Morgan fingerprint density at radius 1 is 1.67 bits per heavy atom. The molecule has 0 atom stereocenters. The maximum Gasteiger partial charge on any atom is 0.345 e. The van der Waals surface area contributed by atoms with Crippen molar-refractivity contribution in [2.24, 2.45) is 0 Å². The molecule has 0 unspecified atom stereocenters. The summed E-state index contributed by atoms with van der Waals surface area (Å²) >= 11 is 5.42. The van der Waals surface area contributed by atoms with Gasteiger partial charge in [-0.3, -0.25) is 10.1 Å². The molecule has 0 aliphatic carbocycles. The first kappa shape index (κ1) is 14.2. The van der Waals surface area contributed by atoms with E-state index in [0.29, 0.717) is 6.07 Å². The number of nitrogens with zero attached hydrogens (tertiary/aromatic N) is 2. The van der Waals surface area contributed by atoms with Gasteiger partial charge in [0.25, 0.3) is 6.43 Å². The van der Waals surface area contributed by atoms with Crippen LogP contribution in [0.3, 0.4) is 0 Å². The molecule has 0 amide bonds. The summed E-state index contributed by atoms with van der Waals surface area (Å²) in [6.07, 6.45) is -3.00. The van der Waals surface area contributed by atoms with E-state index in [1.807, 2.05) is 0 Å². The molecule has 6 nitrogen and oxygen atoms in total. The quantitative estimate of drug-likeness (QED) is 0.366. The van der Waals surface area contributed by atoms with E-state index in [0.717, 1.165) is 0 Å². The van der Waals surface area contributed by atoms with E-state index in [9.17, 15) is 23.7 Å². The number of hydrogen-bond acceptors (Lipinski definition) is 5. The largest absolute Gasteiger partial charge is 0.462 e. The first-order valence-corrected chi connectivity index (χ1v) is 5.06. The number of rotatable bonds is 4. The lowest BCUT2D eigenvalue weighted by atomic mass is 10.2. The molecule has 1 rings (SSSR count). The van der Waals surface area contributed by atoms with Crippen molar-refractivity contribution in [3.8, 4) is 0 Å². The maximum absolute atomic E-state index is 12.5. The summed E-state index contributed by atoms with van der Waals surface area (Å²) in [6, 6.07) is 0.604. The van der Waals surface area contributed by atoms with Gasteiger partial charge in [-0.1, -0.05) is 11.6 Å². The van der Waals surface area contributed by atoms with Crippen molar-refractivity contribution in [3.05, 3.63) is 32.6 Å². The van der Waals surface area contributed by atoms with Gasteiger partial charge in [-0.15, -0.1) is 0 Å². The highest BCUT2D eigenvalue weighted by atomic mass is 35.5. The molecule has 0 radical (unpaired) electrons. The predicted molar refractivity (Wildman–Crippen MR) is 56.8 cm³/mol. The zero-order valence-corrected chi connectivity index (χ0v) is 9.78. The predicted octanol–water partition coefficient (Wildman–Crippen LogP) is 2.76. The lowest BCUT2D eigenvalue weighted by molar-refractivity contribution is -0.385. The molecule has 0 bridgehead atoms. The molecule has 0 fully saturated rings. The standard InChI is InChI=1S/C9H7ClF2N2O4/c1-2-18-9(15)4-3-5(8(11)12)13-7(10)6(4)14(16)17/h3,8H,2H2,1H3. The van der Waals surface area contributed by atoms with E-state index in [1.165, 1.54) is 6.92 Å². The molecule has 0 N–H and O–H groups in total. The molecule has 18 heavy (non-hydrogen) atoms. The molecule has 0 aliphatic heterocycles. The lowest BCUT2D eigenvalue weighted by Gasteiger charge is -2.06. The average Bonchev–Trinajstić information content (AvgIpc) is 2.27. The van der Waals surface area contributed by atoms with Crippen LogP contribution in [0.15, 0.2) is 6.07 Å². The lowest BCUT2D eigenvalue weighted by Crippen LogP contribution is -2.10. The van der Waals surface area contributed by atoms with Gasteiger partial charge in [0.1, 0.15) is 11.3 Å². The molecule has 0 aromatic carbocycles. The van der Waals surface area contributed by atoms with E-state index in [1.54, 1.807) is 0 Å². The number of esters is 1.